The molecule has 0 aliphatic heterocycles. The summed E-state index contributed by atoms with van der Waals surface area (Å²) in [6.07, 6.45) is 1.71. The van der Waals surface area contributed by atoms with Crippen LogP contribution in [0.2, 0.25) is 0 Å². The van der Waals surface area contributed by atoms with E-state index in [1.165, 1.54) is 33.6 Å². The third kappa shape index (κ3) is 6.33. The first-order valence-electron chi connectivity index (χ1n) is 10.0. The quantitative estimate of drug-likeness (QED) is 0.233. The number of carbonyl (C=O) groups is 2. The molecule has 0 radical (unpaired) electrons. The molecule has 0 saturated carbocycles. The van der Waals surface area contributed by atoms with Crippen molar-refractivity contribution in [2.45, 2.75) is 6.42 Å². The first-order valence-corrected chi connectivity index (χ1v) is 10.0. The highest BCUT2D eigenvalue weighted by molar-refractivity contribution is 5.92. The smallest absolute Gasteiger partial charge is 0.343 e. The van der Waals surface area contributed by atoms with Gasteiger partial charge in [0.25, 0.3) is 0 Å². The largest absolute Gasteiger partial charge is 0.493 e. The predicted octanol–water partition coefficient (Wildman–Crippen LogP) is 3.62. The maximum atomic E-state index is 12.6. The fraction of sp³-hybridized carbons (Fsp3) is 0.160. The molecule has 0 unspecified atom stereocenters. The van der Waals surface area contributed by atoms with Gasteiger partial charge in [-0.3, -0.25) is 4.79 Å². The van der Waals surface area contributed by atoms with Crippen molar-refractivity contribution in [3.05, 3.63) is 83.4 Å². The third-order valence-electron chi connectivity index (χ3n) is 4.62. The van der Waals surface area contributed by atoms with Gasteiger partial charge >= 0.3 is 5.97 Å². The zero-order chi connectivity index (χ0) is 23.6. The number of nitrogens with zero attached hydrogens (tertiary/aromatic N) is 1. The first kappa shape index (κ1) is 23.3. The average molecular weight is 448 g/mol. The van der Waals surface area contributed by atoms with Crippen LogP contribution in [0.4, 0.5) is 0 Å². The van der Waals surface area contributed by atoms with E-state index in [9.17, 15) is 9.59 Å². The van der Waals surface area contributed by atoms with Gasteiger partial charge in [-0.1, -0.05) is 30.3 Å². The number of rotatable bonds is 9. The van der Waals surface area contributed by atoms with Crippen LogP contribution in [0.3, 0.4) is 0 Å². The Morgan fingerprint density at radius 2 is 1.48 bits per heavy atom. The number of hydrogen-bond donors (Lipinski definition) is 1. The Bertz CT molecular complexity index is 1140. The van der Waals surface area contributed by atoms with Crippen LogP contribution in [0.5, 0.6) is 23.0 Å². The molecule has 1 N–H and O–H groups in total. The van der Waals surface area contributed by atoms with Gasteiger partial charge in [0.2, 0.25) is 5.91 Å². The maximum absolute atomic E-state index is 12.6. The highest BCUT2D eigenvalue weighted by Crippen LogP contribution is 2.31. The lowest BCUT2D eigenvalue weighted by Crippen LogP contribution is -2.19. The molecule has 170 valence electrons. The molecule has 0 fully saturated rings. The zero-order valence-corrected chi connectivity index (χ0v) is 18.5. The number of esters is 1. The molecular weight excluding hydrogens is 424 g/mol. The molecule has 8 nitrogen and oxygen atoms in total. The van der Waals surface area contributed by atoms with E-state index in [-0.39, 0.29) is 18.1 Å². The van der Waals surface area contributed by atoms with Crippen molar-refractivity contribution in [1.29, 1.82) is 0 Å². The molecule has 33 heavy (non-hydrogen) atoms. The summed E-state index contributed by atoms with van der Waals surface area (Å²) in [5, 5.41) is 3.97. The van der Waals surface area contributed by atoms with E-state index in [0.717, 1.165) is 5.56 Å². The molecule has 0 saturated heterocycles. The first-order chi connectivity index (χ1) is 16.0. The lowest BCUT2D eigenvalue weighted by Gasteiger charge is -2.11. The number of hydrogen-bond acceptors (Lipinski definition) is 7. The fourth-order valence-electron chi connectivity index (χ4n) is 2.97. The van der Waals surface area contributed by atoms with Gasteiger partial charge in [0.05, 0.1) is 39.5 Å². The van der Waals surface area contributed by atoms with Gasteiger partial charge in [-0.25, -0.2) is 10.2 Å². The van der Waals surface area contributed by atoms with Gasteiger partial charge in [-0.15, -0.1) is 0 Å². The minimum Gasteiger partial charge on any atom is -0.493 e. The maximum Gasteiger partial charge on any atom is 0.343 e. The Hall–Kier alpha value is -4.33. The Kier molecular flexibility index (Phi) is 8.02. The van der Waals surface area contributed by atoms with Crippen LogP contribution >= 0.6 is 0 Å². The molecule has 0 aliphatic carbocycles. The van der Waals surface area contributed by atoms with Crippen LogP contribution in [0.15, 0.2) is 71.8 Å². The Morgan fingerprint density at radius 3 is 2.18 bits per heavy atom. The van der Waals surface area contributed by atoms with Gasteiger partial charge < -0.3 is 18.9 Å². The summed E-state index contributed by atoms with van der Waals surface area (Å²) in [4.78, 5) is 24.6. The van der Waals surface area contributed by atoms with Crippen molar-refractivity contribution in [2.24, 2.45) is 5.10 Å². The van der Waals surface area contributed by atoms with E-state index in [1.54, 1.807) is 30.3 Å². The molecular formula is C25H24N2O6. The molecule has 0 aromatic heterocycles. The SMILES string of the molecule is COc1ccc(C(=O)Oc2ccc(C=NNC(=O)Cc3ccccc3)cc2OC)cc1OC. The van der Waals surface area contributed by atoms with Gasteiger partial charge in [0, 0.05) is 0 Å². The molecule has 3 aromatic carbocycles. The minimum absolute atomic E-state index is 0.229. The van der Waals surface area contributed by atoms with Crippen molar-refractivity contribution in [2.75, 3.05) is 21.3 Å². The summed E-state index contributed by atoms with van der Waals surface area (Å²) in [6.45, 7) is 0. The molecule has 1 amide bonds. The lowest BCUT2D eigenvalue weighted by molar-refractivity contribution is -0.120. The Labute approximate surface area is 191 Å². The predicted molar refractivity (Wildman–Crippen MR) is 123 cm³/mol. The van der Waals surface area contributed by atoms with E-state index >= 15 is 0 Å². The van der Waals surface area contributed by atoms with Crippen LogP contribution in [-0.2, 0) is 11.2 Å². The fourth-order valence-corrected chi connectivity index (χ4v) is 2.97. The average Bonchev–Trinajstić information content (AvgIpc) is 2.84. The van der Waals surface area contributed by atoms with Crippen LogP contribution in [0.25, 0.3) is 0 Å². The van der Waals surface area contributed by atoms with Crippen LogP contribution < -0.4 is 24.4 Å². The summed E-state index contributed by atoms with van der Waals surface area (Å²) >= 11 is 0. The molecule has 0 heterocycles. The number of nitrogens with one attached hydrogen (secondary N) is 1. The topological polar surface area (TPSA) is 95.5 Å². The lowest BCUT2D eigenvalue weighted by atomic mass is 10.1. The Balaban J connectivity index is 1.65. The van der Waals surface area contributed by atoms with E-state index in [4.69, 9.17) is 18.9 Å². The van der Waals surface area contributed by atoms with E-state index < -0.39 is 5.97 Å². The van der Waals surface area contributed by atoms with Crippen molar-refractivity contribution in [3.63, 3.8) is 0 Å². The summed E-state index contributed by atoms with van der Waals surface area (Å²) in [5.74, 6) is 0.686. The summed E-state index contributed by atoms with van der Waals surface area (Å²) < 4.78 is 21.2. The second-order valence-electron chi connectivity index (χ2n) is 6.83. The molecule has 0 bridgehead atoms. The van der Waals surface area contributed by atoms with Crippen LogP contribution in [0.1, 0.15) is 21.5 Å². The minimum atomic E-state index is -0.580. The highest BCUT2D eigenvalue weighted by atomic mass is 16.6. The number of hydrazone groups is 1. The van der Waals surface area contributed by atoms with E-state index in [1.807, 2.05) is 30.3 Å². The molecule has 0 spiro atoms. The highest BCUT2D eigenvalue weighted by Gasteiger charge is 2.15. The van der Waals surface area contributed by atoms with Crippen LogP contribution in [-0.4, -0.2) is 39.4 Å². The van der Waals surface area contributed by atoms with Gasteiger partial charge in [-0.2, -0.15) is 5.10 Å². The second kappa shape index (κ2) is 11.3. The molecule has 8 heteroatoms. The van der Waals surface area contributed by atoms with E-state index in [2.05, 4.69) is 10.5 Å². The number of methoxy groups -OCH3 is 3. The summed E-state index contributed by atoms with van der Waals surface area (Å²) in [6, 6.07) is 19.0. The number of ether oxygens (including phenoxy) is 4. The number of amides is 1. The van der Waals surface area contributed by atoms with Gasteiger partial charge in [0.1, 0.15) is 0 Å². The van der Waals surface area contributed by atoms with E-state index in [0.29, 0.717) is 28.4 Å². The van der Waals surface area contributed by atoms with Crippen molar-refractivity contribution in [1.82, 2.24) is 5.43 Å². The standard InChI is InChI=1S/C25H24N2O6/c1-30-20-12-10-19(15-23(20)32-3)25(29)33-21-11-9-18(13-22(21)31-2)16-26-27-24(28)14-17-7-5-4-6-8-17/h4-13,15-16H,14H2,1-3H3,(H,27,28). The molecule has 0 aliphatic rings. The van der Waals surface area contributed by atoms with Crippen molar-refractivity contribution < 1.29 is 28.5 Å². The van der Waals surface area contributed by atoms with Crippen molar-refractivity contribution in [3.8, 4) is 23.0 Å². The summed E-state index contributed by atoms with van der Waals surface area (Å²) in [7, 11) is 4.46. The normalized spacial score (nSPS) is 10.5. The second-order valence-corrected chi connectivity index (χ2v) is 6.83. The van der Waals surface area contributed by atoms with Crippen molar-refractivity contribution >= 4 is 18.1 Å². The monoisotopic (exact) mass is 448 g/mol. The molecule has 0 atom stereocenters. The number of benzene rings is 3. The van der Waals surface area contributed by atoms with Gasteiger partial charge in [0.15, 0.2) is 23.0 Å². The van der Waals surface area contributed by atoms with Gasteiger partial charge in [-0.05, 0) is 47.5 Å². The third-order valence-corrected chi connectivity index (χ3v) is 4.62. The number of carbonyl (C=O) groups excluding carboxylic acids is 2. The zero-order valence-electron chi connectivity index (χ0n) is 18.5. The Morgan fingerprint density at radius 1 is 0.818 bits per heavy atom. The summed E-state index contributed by atoms with van der Waals surface area (Å²) in [5.41, 5.74) is 4.33. The molecule has 3 aromatic rings. The molecule has 3 rings (SSSR count). The van der Waals surface area contributed by atoms with Crippen LogP contribution in [0, 0.1) is 0 Å².